The van der Waals surface area contributed by atoms with Crippen LogP contribution in [0.25, 0.3) is 0 Å². The molecule has 10 heteroatoms. The van der Waals surface area contributed by atoms with Crippen molar-refractivity contribution in [2.75, 3.05) is 64.8 Å². The third-order valence-electron chi connectivity index (χ3n) is 6.13. The van der Waals surface area contributed by atoms with E-state index in [0.717, 1.165) is 75.6 Å². The van der Waals surface area contributed by atoms with Gasteiger partial charge in [0.2, 0.25) is 0 Å². The molecule has 198 valence electrons. The van der Waals surface area contributed by atoms with Crippen molar-refractivity contribution >= 4 is 11.9 Å². The van der Waals surface area contributed by atoms with Gasteiger partial charge in [-0.25, -0.2) is 4.79 Å². The Morgan fingerprint density at radius 3 is 2.64 bits per heavy atom. The molecule has 2 aliphatic rings. The summed E-state index contributed by atoms with van der Waals surface area (Å²) in [5.41, 5.74) is 9.03. The van der Waals surface area contributed by atoms with E-state index in [1.165, 1.54) is 0 Å². The number of nitrogens with two attached hydrogens (primary N) is 1. The van der Waals surface area contributed by atoms with Gasteiger partial charge in [-0.15, -0.1) is 0 Å². The van der Waals surface area contributed by atoms with Crippen LogP contribution in [0.15, 0.2) is 30.3 Å². The van der Waals surface area contributed by atoms with Gasteiger partial charge in [-0.1, -0.05) is 30.3 Å². The highest BCUT2D eigenvalue weighted by molar-refractivity contribution is 5.67. The Morgan fingerprint density at radius 1 is 1.17 bits per heavy atom. The van der Waals surface area contributed by atoms with Gasteiger partial charge in [0.15, 0.2) is 0 Å². The Bertz CT molecular complexity index is 920. The van der Waals surface area contributed by atoms with Crippen molar-refractivity contribution in [2.45, 2.75) is 39.8 Å². The van der Waals surface area contributed by atoms with Gasteiger partial charge >= 0.3 is 12.1 Å². The third kappa shape index (κ3) is 8.92. The van der Waals surface area contributed by atoms with Crippen molar-refractivity contribution in [2.24, 2.45) is 0 Å². The minimum absolute atomic E-state index is 0.246. The molecule has 0 saturated carbocycles. The monoisotopic (exact) mass is 500 g/mol. The molecule has 10 nitrogen and oxygen atoms in total. The van der Waals surface area contributed by atoms with Crippen LogP contribution in [0.3, 0.4) is 0 Å². The molecule has 0 spiro atoms. The molecule has 1 aromatic heterocycles. The quantitative estimate of drug-likeness (QED) is 0.501. The summed E-state index contributed by atoms with van der Waals surface area (Å²) in [6.07, 6.45) is 1.60. The van der Waals surface area contributed by atoms with Crippen LogP contribution in [-0.4, -0.2) is 85.0 Å². The maximum absolute atomic E-state index is 11.5. The molecule has 0 bridgehead atoms. The first-order chi connectivity index (χ1) is 17.6. The SMILES string of the molecule is CCN(CC)C(=O)OCc1ccccc1.Nc1nc(OCCCN2CCOCC2)nc2c1CCNC2. The van der Waals surface area contributed by atoms with Gasteiger partial charge in [0.25, 0.3) is 0 Å². The highest BCUT2D eigenvalue weighted by Crippen LogP contribution is 2.20. The molecular formula is C26H40N6O4. The maximum atomic E-state index is 11.5. The molecule has 3 N–H and O–H groups in total. The summed E-state index contributed by atoms with van der Waals surface area (Å²) in [6, 6.07) is 10.1. The van der Waals surface area contributed by atoms with Crippen LogP contribution in [0.1, 0.15) is 37.1 Å². The lowest BCUT2D eigenvalue weighted by Gasteiger charge is -2.26. The van der Waals surface area contributed by atoms with E-state index in [9.17, 15) is 4.79 Å². The van der Waals surface area contributed by atoms with Gasteiger partial charge in [-0.05, 0) is 38.8 Å². The first-order valence-electron chi connectivity index (χ1n) is 12.8. The van der Waals surface area contributed by atoms with Gasteiger partial charge in [-0.2, -0.15) is 9.97 Å². The van der Waals surface area contributed by atoms with Crippen LogP contribution in [0, 0.1) is 0 Å². The number of amides is 1. The van der Waals surface area contributed by atoms with Crippen molar-refractivity contribution in [1.82, 2.24) is 25.1 Å². The number of carbonyl (C=O) groups is 1. The number of aromatic nitrogens is 2. The second kappa shape index (κ2) is 15.2. The standard InChI is InChI=1S/C14H23N5O2.C12H17NO2/c15-13-11-2-3-16-10-12(11)17-14(18-13)21-7-1-4-19-5-8-20-9-6-19;1-3-13(4-2)12(14)15-10-11-8-6-5-7-9-11/h16H,1-10H2,(H2,15,17,18);5-9H,3-4,10H2,1-2H3. The van der Waals surface area contributed by atoms with Crippen molar-refractivity contribution in [3.05, 3.63) is 47.2 Å². The largest absolute Gasteiger partial charge is 0.463 e. The zero-order valence-electron chi connectivity index (χ0n) is 21.6. The van der Waals surface area contributed by atoms with Crippen LogP contribution in [0.5, 0.6) is 6.01 Å². The average molecular weight is 501 g/mol. The summed E-state index contributed by atoms with van der Waals surface area (Å²) >= 11 is 0. The number of benzene rings is 1. The van der Waals surface area contributed by atoms with E-state index in [-0.39, 0.29) is 6.09 Å². The number of fused-ring (bicyclic) bond motifs is 1. The van der Waals surface area contributed by atoms with Gasteiger partial charge in [-0.3, -0.25) is 4.90 Å². The molecule has 0 atom stereocenters. The van der Waals surface area contributed by atoms with Crippen molar-refractivity contribution in [3.8, 4) is 6.01 Å². The first kappa shape index (κ1) is 27.6. The second-order valence-corrected chi connectivity index (χ2v) is 8.61. The van der Waals surface area contributed by atoms with Crippen LogP contribution in [0.2, 0.25) is 0 Å². The third-order valence-corrected chi connectivity index (χ3v) is 6.13. The normalized spacial score (nSPS) is 15.3. The molecule has 36 heavy (non-hydrogen) atoms. The number of nitrogens with one attached hydrogen (secondary N) is 1. The molecule has 4 rings (SSSR count). The summed E-state index contributed by atoms with van der Waals surface area (Å²) in [5, 5.41) is 3.29. The lowest BCUT2D eigenvalue weighted by molar-refractivity contribution is 0.0356. The van der Waals surface area contributed by atoms with E-state index >= 15 is 0 Å². The highest BCUT2D eigenvalue weighted by atomic mass is 16.6. The topological polar surface area (TPSA) is 115 Å². The molecule has 2 aromatic rings. The summed E-state index contributed by atoms with van der Waals surface area (Å²) in [6.45, 7) is 12.6. The smallest absolute Gasteiger partial charge is 0.410 e. The van der Waals surface area contributed by atoms with E-state index in [1.807, 2.05) is 44.2 Å². The average Bonchev–Trinajstić information content (AvgIpc) is 2.92. The number of nitrogen functional groups attached to an aromatic ring is 1. The van der Waals surface area contributed by atoms with E-state index in [2.05, 4.69) is 20.2 Å². The number of nitrogens with zero attached hydrogens (tertiary/aromatic N) is 4. The fourth-order valence-electron chi connectivity index (χ4n) is 4.00. The summed E-state index contributed by atoms with van der Waals surface area (Å²) in [7, 11) is 0. The molecule has 1 aromatic carbocycles. The first-order valence-corrected chi connectivity index (χ1v) is 12.8. The Kier molecular flexibility index (Phi) is 11.7. The lowest BCUT2D eigenvalue weighted by Crippen LogP contribution is -2.37. The Morgan fingerprint density at radius 2 is 1.92 bits per heavy atom. The maximum Gasteiger partial charge on any atom is 0.410 e. The lowest BCUT2D eigenvalue weighted by atomic mass is 10.1. The molecule has 2 aliphatic heterocycles. The van der Waals surface area contributed by atoms with Crippen molar-refractivity contribution < 1.29 is 19.0 Å². The Balaban J connectivity index is 0.000000214. The predicted octanol–water partition coefficient (Wildman–Crippen LogP) is 2.47. The summed E-state index contributed by atoms with van der Waals surface area (Å²) in [5.74, 6) is 0.560. The van der Waals surface area contributed by atoms with E-state index < -0.39 is 0 Å². The summed E-state index contributed by atoms with van der Waals surface area (Å²) in [4.78, 5) is 24.2. The van der Waals surface area contributed by atoms with Crippen molar-refractivity contribution in [3.63, 3.8) is 0 Å². The van der Waals surface area contributed by atoms with Crippen LogP contribution >= 0.6 is 0 Å². The molecule has 1 saturated heterocycles. The molecule has 3 heterocycles. The fraction of sp³-hybridized carbons (Fsp3) is 0.577. The van der Waals surface area contributed by atoms with Crippen molar-refractivity contribution in [1.29, 1.82) is 0 Å². The van der Waals surface area contributed by atoms with Crippen LogP contribution in [0.4, 0.5) is 10.6 Å². The number of rotatable bonds is 9. The molecule has 0 radical (unpaired) electrons. The predicted molar refractivity (Wildman–Crippen MR) is 139 cm³/mol. The number of morpholine rings is 1. The summed E-state index contributed by atoms with van der Waals surface area (Å²) < 4.78 is 16.1. The molecule has 1 fully saturated rings. The second-order valence-electron chi connectivity index (χ2n) is 8.61. The fourth-order valence-corrected chi connectivity index (χ4v) is 4.00. The highest BCUT2D eigenvalue weighted by Gasteiger charge is 2.16. The zero-order valence-corrected chi connectivity index (χ0v) is 21.6. The van der Waals surface area contributed by atoms with E-state index in [1.54, 1.807) is 4.90 Å². The Hall–Kier alpha value is -2.95. The molecule has 0 unspecified atom stereocenters. The minimum Gasteiger partial charge on any atom is -0.463 e. The number of hydrogen-bond donors (Lipinski definition) is 2. The molecule has 1 amide bonds. The number of ether oxygens (including phenoxy) is 3. The molecule has 0 aliphatic carbocycles. The van der Waals surface area contributed by atoms with Gasteiger partial charge in [0, 0.05) is 44.8 Å². The number of hydrogen-bond acceptors (Lipinski definition) is 9. The van der Waals surface area contributed by atoms with Crippen LogP contribution < -0.4 is 15.8 Å². The Labute approximate surface area is 214 Å². The van der Waals surface area contributed by atoms with E-state index in [4.69, 9.17) is 19.9 Å². The number of anilines is 1. The van der Waals surface area contributed by atoms with Crippen LogP contribution in [-0.2, 0) is 29.0 Å². The van der Waals surface area contributed by atoms with E-state index in [0.29, 0.717) is 38.1 Å². The molecular weight excluding hydrogens is 460 g/mol. The minimum atomic E-state index is -0.246. The van der Waals surface area contributed by atoms with Gasteiger partial charge in [0.1, 0.15) is 12.4 Å². The number of carbonyl (C=O) groups excluding carboxylic acids is 1. The van der Waals surface area contributed by atoms with Gasteiger partial charge in [0.05, 0.1) is 25.5 Å². The zero-order chi connectivity index (χ0) is 25.6. The van der Waals surface area contributed by atoms with Gasteiger partial charge < -0.3 is 30.2 Å².